The Labute approximate surface area is 89.1 Å². The number of hydrogen-bond donors (Lipinski definition) is 1. The second-order valence-electron chi connectivity index (χ2n) is 3.55. The maximum atomic E-state index is 4.04. The molecule has 2 nitrogen and oxygen atoms in total. The van der Waals surface area contributed by atoms with Crippen molar-refractivity contribution in [3.05, 3.63) is 17.5 Å². The van der Waals surface area contributed by atoms with E-state index in [1.807, 2.05) is 20.0 Å². The molecule has 14 heavy (non-hydrogen) atoms. The predicted octanol–water partition coefficient (Wildman–Crippen LogP) is 4.32. The highest BCUT2D eigenvalue weighted by molar-refractivity contribution is 5.22. The minimum absolute atomic E-state index is 0. The van der Waals surface area contributed by atoms with Gasteiger partial charge in [-0.15, -0.1) is 0 Å². The molecule has 0 spiro atoms. The molecule has 1 rings (SSSR count). The van der Waals surface area contributed by atoms with Gasteiger partial charge in [0.15, 0.2) is 0 Å². The quantitative estimate of drug-likeness (QED) is 0.753. The smallest absolute Gasteiger partial charge is 0.0524 e. The topological polar surface area (TPSA) is 28.7 Å². The van der Waals surface area contributed by atoms with E-state index in [2.05, 4.69) is 37.9 Å². The standard InChI is InChI=1S/C9H16N2.C2H6.CH4/c1-6(2)8-5-10-11-9(8)7(3)4;1-2;/h5-7H,1-4H3,(H,10,11);1-2H3;1H4. The largest absolute Gasteiger partial charge is 0.282 e. The molecule has 0 atom stereocenters. The monoisotopic (exact) mass is 198 g/mol. The zero-order valence-electron chi connectivity index (χ0n) is 9.68. The molecule has 0 amide bonds. The fourth-order valence-electron chi connectivity index (χ4n) is 1.23. The highest BCUT2D eigenvalue weighted by Crippen LogP contribution is 2.22. The van der Waals surface area contributed by atoms with Gasteiger partial charge in [0.2, 0.25) is 0 Å². The van der Waals surface area contributed by atoms with E-state index in [1.54, 1.807) is 0 Å². The third kappa shape index (κ3) is 3.95. The molecule has 0 aromatic carbocycles. The Morgan fingerprint density at radius 2 is 1.57 bits per heavy atom. The molecular weight excluding hydrogens is 172 g/mol. The van der Waals surface area contributed by atoms with E-state index in [0.29, 0.717) is 11.8 Å². The van der Waals surface area contributed by atoms with Crippen molar-refractivity contribution in [1.82, 2.24) is 10.2 Å². The zero-order chi connectivity index (χ0) is 10.4. The molecule has 0 aliphatic heterocycles. The normalized spacial score (nSPS) is 9.43. The van der Waals surface area contributed by atoms with Crippen molar-refractivity contribution >= 4 is 0 Å². The second kappa shape index (κ2) is 7.60. The van der Waals surface area contributed by atoms with Crippen LogP contribution in [-0.2, 0) is 0 Å². The summed E-state index contributed by atoms with van der Waals surface area (Å²) in [6.07, 6.45) is 1.93. The van der Waals surface area contributed by atoms with Crippen LogP contribution < -0.4 is 0 Å². The molecule has 0 saturated heterocycles. The summed E-state index contributed by atoms with van der Waals surface area (Å²) in [5.74, 6) is 1.13. The molecule has 0 unspecified atom stereocenters. The lowest BCUT2D eigenvalue weighted by Crippen LogP contribution is -1.95. The van der Waals surface area contributed by atoms with Gasteiger partial charge in [-0.1, -0.05) is 49.0 Å². The van der Waals surface area contributed by atoms with Crippen molar-refractivity contribution in [2.24, 2.45) is 0 Å². The zero-order valence-corrected chi connectivity index (χ0v) is 9.68. The van der Waals surface area contributed by atoms with Crippen LogP contribution >= 0.6 is 0 Å². The number of hydrogen-bond acceptors (Lipinski definition) is 1. The molecule has 1 aromatic rings. The summed E-state index contributed by atoms with van der Waals surface area (Å²) in [7, 11) is 0. The van der Waals surface area contributed by atoms with Crippen molar-refractivity contribution in [2.45, 2.75) is 60.8 Å². The first-order valence-electron chi connectivity index (χ1n) is 5.16. The molecular formula is C12H26N2. The molecule has 1 aromatic heterocycles. The van der Waals surface area contributed by atoms with Crippen LogP contribution in [0.1, 0.15) is 72.1 Å². The first kappa shape index (κ1) is 15.7. The summed E-state index contributed by atoms with van der Waals surface area (Å²) in [6.45, 7) is 12.7. The lowest BCUT2D eigenvalue weighted by Gasteiger charge is -2.07. The molecule has 0 bridgehead atoms. The van der Waals surface area contributed by atoms with Crippen molar-refractivity contribution < 1.29 is 0 Å². The number of nitrogens with zero attached hydrogens (tertiary/aromatic N) is 1. The second-order valence-corrected chi connectivity index (χ2v) is 3.55. The average Bonchev–Trinajstić information content (AvgIpc) is 2.55. The number of H-pyrrole nitrogens is 1. The Morgan fingerprint density at radius 1 is 1.07 bits per heavy atom. The lowest BCUT2D eigenvalue weighted by atomic mass is 9.98. The van der Waals surface area contributed by atoms with E-state index in [-0.39, 0.29) is 7.43 Å². The van der Waals surface area contributed by atoms with Gasteiger partial charge >= 0.3 is 0 Å². The summed E-state index contributed by atoms with van der Waals surface area (Å²) < 4.78 is 0. The fraction of sp³-hybridized carbons (Fsp3) is 0.750. The van der Waals surface area contributed by atoms with E-state index in [1.165, 1.54) is 11.3 Å². The minimum Gasteiger partial charge on any atom is -0.282 e. The Kier molecular flexibility index (Phi) is 8.51. The highest BCUT2D eigenvalue weighted by Gasteiger charge is 2.10. The number of rotatable bonds is 2. The van der Waals surface area contributed by atoms with Crippen LogP contribution in [0.15, 0.2) is 6.20 Å². The van der Waals surface area contributed by atoms with Gasteiger partial charge in [-0.2, -0.15) is 5.10 Å². The number of aromatic amines is 1. The van der Waals surface area contributed by atoms with Crippen LogP contribution in [0.3, 0.4) is 0 Å². The highest BCUT2D eigenvalue weighted by atomic mass is 15.1. The van der Waals surface area contributed by atoms with Crippen LogP contribution in [0.25, 0.3) is 0 Å². The number of nitrogens with one attached hydrogen (secondary N) is 1. The van der Waals surface area contributed by atoms with Crippen LogP contribution in [-0.4, -0.2) is 10.2 Å². The Hall–Kier alpha value is -0.790. The molecule has 84 valence electrons. The van der Waals surface area contributed by atoms with Gasteiger partial charge < -0.3 is 0 Å². The maximum absolute atomic E-state index is 4.04. The molecule has 1 heterocycles. The van der Waals surface area contributed by atoms with Gasteiger partial charge in [0.1, 0.15) is 0 Å². The molecule has 0 radical (unpaired) electrons. The molecule has 1 N–H and O–H groups in total. The van der Waals surface area contributed by atoms with Crippen molar-refractivity contribution in [3.8, 4) is 0 Å². The molecule has 2 heteroatoms. The van der Waals surface area contributed by atoms with Crippen LogP contribution in [0, 0.1) is 0 Å². The first-order chi connectivity index (χ1) is 6.13. The fourth-order valence-corrected chi connectivity index (χ4v) is 1.23. The number of aromatic nitrogens is 2. The van der Waals surface area contributed by atoms with E-state index in [9.17, 15) is 0 Å². The Morgan fingerprint density at radius 3 is 1.86 bits per heavy atom. The average molecular weight is 198 g/mol. The SMILES string of the molecule is C.CC.CC(C)c1cn[nH]c1C(C)C. The van der Waals surface area contributed by atoms with Crippen LogP contribution in [0.2, 0.25) is 0 Å². The van der Waals surface area contributed by atoms with Crippen molar-refractivity contribution in [3.63, 3.8) is 0 Å². The maximum Gasteiger partial charge on any atom is 0.0524 e. The van der Waals surface area contributed by atoms with E-state index in [0.717, 1.165) is 0 Å². The predicted molar refractivity (Wildman–Crippen MR) is 64.8 cm³/mol. The first-order valence-corrected chi connectivity index (χ1v) is 5.16. The third-order valence-corrected chi connectivity index (χ3v) is 1.90. The molecule has 0 saturated carbocycles. The third-order valence-electron chi connectivity index (χ3n) is 1.90. The van der Waals surface area contributed by atoms with Gasteiger partial charge in [0.25, 0.3) is 0 Å². The van der Waals surface area contributed by atoms with Crippen molar-refractivity contribution in [2.75, 3.05) is 0 Å². The van der Waals surface area contributed by atoms with Crippen LogP contribution in [0.5, 0.6) is 0 Å². The molecule has 0 fully saturated rings. The summed E-state index contributed by atoms with van der Waals surface area (Å²) in [5, 5.41) is 7.08. The van der Waals surface area contributed by atoms with Gasteiger partial charge in [-0.25, -0.2) is 0 Å². The lowest BCUT2D eigenvalue weighted by molar-refractivity contribution is 0.767. The van der Waals surface area contributed by atoms with Gasteiger partial charge in [-0.3, -0.25) is 5.10 Å². The van der Waals surface area contributed by atoms with E-state index < -0.39 is 0 Å². The van der Waals surface area contributed by atoms with Gasteiger partial charge in [-0.05, 0) is 17.4 Å². The summed E-state index contributed by atoms with van der Waals surface area (Å²) in [4.78, 5) is 0. The van der Waals surface area contributed by atoms with Gasteiger partial charge in [0.05, 0.1) is 6.20 Å². The summed E-state index contributed by atoms with van der Waals surface area (Å²) in [5.41, 5.74) is 2.62. The Bertz CT molecular complexity index is 201. The molecule has 0 aliphatic rings. The summed E-state index contributed by atoms with van der Waals surface area (Å²) >= 11 is 0. The van der Waals surface area contributed by atoms with E-state index in [4.69, 9.17) is 0 Å². The van der Waals surface area contributed by atoms with E-state index >= 15 is 0 Å². The van der Waals surface area contributed by atoms with Gasteiger partial charge in [0, 0.05) is 5.69 Å². The van der Waals surface area contributed by atoms with Crippen LogP contribution in [0.4, 0.5) is 0 Å². The minimum atomic E-state index is 0. The Balaban J connectivity index is 0. The molecule has 0 aliphatic carbocycles. The van der Waals surface area contributed by atoms with Crippen molar-refractivity contribution in [1.29, 1.82) is 0 Å². The summed E-state index contributed by atoms with van der Waals surface area (Å²) in [6, 6.07) is 0.